The number of nitrogens with one attached hydrogen (secondary N) is 2. The Hall–Kier alpha value is -0.410. The van der Waals surface area contributed by atoms with Crippen LogP contribution in [0, 0.1) is 13.8 Å². The van der Waals surface area contributed by atoms with Gasteiger partial charge in [0.05, 0.1) is 12.2 Å². The van der Waals surface area contributed by atoms with Gasteiger partial charge in [-0.25, -0.2) is 4.98 Å². The number of nitrogens with zero attached hydrogens (tertiary/aromatic N) is 3. The highest BCUT2D eigenvalue weighted by Gasteiger charge is 2.04. The minimum Gasteiger partial charge on any atom is -0.356 e. The molecule has 0 unspecified atom stereocenters. The van der Waals surface area contributed by atoms with Crippen LogP contribution in [0.2, 0.25) is 0 Å². The van der Waals surface area contributed by atoms with Gasteiger partial charge in [0, 0.05) is 18.5 Å². The van der Waals surface area contributed by atoms with Crippen LogP contribution in [0.5, 0.6) is 0 Å². The number of halogens is 1. The highest BCUT2D eigenvalue weighted by atomic mass is 127. The van der Waals surface area contributed by atoms with Gasteiger partial charge in [-0.3, -0.25) is 4.99 Å². The molecule has 5 nitrogen and oxygen atoms in total. The first-order valence-corrected chi connectivity index (χ1v) is 9.36. The summed E-state index contributed by atoms with van der Waals surface area (Å²) in [5.74, 6) is 0.864. The van der Waals surface area contributed by atoms with E-state index in [9.17, 15) is 0 Å². The van der Waals surface area contributed by atoms with E-state index in [0.29, 0.717) is 0 Å². The van der Waals surface area contributed by atoms with E-state index in [-0.39, 0.29) is 24.0 Å². The molecule has 1 aromatic rings. The first-order valence-electron chi connectivity index (χ1n) is 8.55. The first-order chi connectivity index (χ1) is 11.0. The molecule has 0 fully saturated rings. The fourth-order valence-electron chi connectivity index (χ4n) is 2.28. The molecule has 0 radical (unpaired) electrons. The third kappa shape index (κ3) is 10.5. The van der Waals surface area contributed by atoms with Crippen molar-refractivity contribution < 1.29 is 0 Å². The first kappa shape index (κ1) is 23.6. The average molecular weight is 467 g/mol. The number of guanidine groups is 1. The van der Waals surface area contributed by atoms with Crippen LogP contribution >= 0.6 is 35.3 Å². The molecule has 0 aromatic carbocycles. The Bertz CT molecular complexity index is 454. The topological polar surface area (TPSA) is 52.6 Å². The highest BCUT2D eigenvalue weighted by Crippen LogP contribution is 2.15. The molecule has 2 N–H and O–H groups in total. The number of aromatic nitrogens is 1. The van der Waals surface area contributed by atoms with E-state index in [2.05, 4.69) is 53.5 Å². The minimum absolute atomic E-state index is 0. The third-order valence-corrected chi connectivity index (χ3v) is 4.85. The number of unbranched alkanes of at least 4 members (excludes halogenated alkanes) is 4. The van der Waals surface area contributed by atoms with E-state index >= 15 is 0 Å². The lowest BCUT2D eigenvalue weighted by atomic mass is 10.1. The van der Waals surface area contributed by atoms with Crippen molar-refractivity contribution in [3.63, 3.8) is 0 Å². The molecule has 0 bridgehead atoms. The van der Waals surface area contributed by atoms with E-state index in [4.69, 9.17) is 0 Å². The number of rotatable bonds is 10. The van der Waals surface area contributed by atoms with Gasteiger partial charge in [0.2, 0.25) is 0 Å². The molecule has 1 aromatic heterocycles. The molecule has 1 rings (SSSR count). The van der Waals surface area contributed by atoms with Crippen molar-refractivity contribution >= 4 is 41.3 Å². The fourth-order valence-corrected chi connectivity index (χ4v) is 3.16. The summed E-state index contributed by atoms with van der Waals surface area (Å²) in [6, 6.07) is 0. The Morgan fingerprint density at radius 3 is 2.33 bits per heavy atom. The van der Waals surface area contributed by atoms with Crippen LogP contribution in [0.3, 0.4) is 0 Å². The lowest BCUT2D eigenvalue weighted by Crippen LogP contribution is -2.37. The largest absolute Gasteiger partial charge is 0.356 e. The Morgan fingerprint density at radius 1 is 1.08 bits per heavy atom. The van der Waals surface area contributed by atoms with Gasteiger partial charge in [0.25, 0.3) is 0 Å². The summed E-state index contributed by atoms with van der Waals surface area (Å²) >= 11 is 1.75. The zero-order valence-electron chi connectivity index (χ0n) is 15.8. The molecule has 0 aliphatic heterocycles. The van der Waals surface area contributed by atoms with Gasteiger partial charge in [0.1, 0.15) is 5.01 Å². The van der Waals surface area contributed by atoms with E-state index in [1.54, 1.807) is 11.3 Å². The van der Waals surface area contributed by atoms with Crippen LogP contribution in [0.15, 0.2) is 4.99 Å². The zero-order valence-corrected chi connectivity index (χ0v) is 19.0. The minimum atomic E-state index is 0. The molecule has 24 heavy (non-hydrogen) atoms. The molecule has 0 saturated heterocycles. The van der Waals surface area contributed by atoms with Gasteiger partial charge in [-0.05, 0) is 47.3 Å². The zero-order chi connectivity index (χ0) is 17.1. The number of aryl methyl sites for hydroxylation is 2. The van der Waals surface area contributed by atoms with Gasteiger partial charge in [-0.15, -0.1) is 35.3 Å². The molecule has 0 aliphatic rings. The number of aliphatic imine (C=N–C) groups is 1. The van der Waals surface area contributed by atoms with Crippen molar-refractivity contribution in [3.8, 4) is 0 Å². The summed E-state index contributed by atoms with van der Waals surface area (Å²) < 4.78 is 0. The van der Waals surface area contributed by atoms with Crippen LogP contribution < -0.4 is 10.6 Å². The predicted molar refractivity (Wildman–Crippen MR) is 117 cm³/mol. The van der Waals surface area contributed by atoms with Crippen molar-refractivity contribution in [3.05, 3.63) is 15.6 Å². The Balaban J connectivity index is 0.00000529. The molecule has 0 amide bonds. The maximum Gasteiger partial charge on any atom is 0.191 e. The molecule has 0 aliphatic carbocycles. The summed E-state index contributed by atoms with van der Waals surface area (Å²) in [6.07, 6.45) is 6.42. The van der Waals surface area contributed by atoms with Crippen LogP contribution in [-0.2, 0) is 6.54 Å². The maximum absolute atomic E-state index is 4.54. The second kappa shape index (κ2) is 13.8. The van der Waals surface area contributed by atoms with E-state index < -0.39 is 0 Å². The number of thiazole rings is 1. The van der Waals surface area contributed by atoms with Crippen LogP contribution in [0.4, 0.5) is 0 Å². The Kier molecular flexibility index (Phi) is 13.6. The second-order valence-electron chi connectivity index (χ2n) is 6.17. The lowest BCUT2D eigenvalue weighted by molar-refractivity contribution is 0.389. The van der Waals surface area contributed by atoms with Crippen molar-refractivity contribution in [2.75, 3.05) is 34.2 Å². The molecule has 7 heteroatoms. The standard InChI is InChI=1S/C17H33N5S.HI/c1-14-15(2)23-16(21-14)13-20-17(18-3)19-11-9-7-6-8-10-12-22(4)5;/h6-13H2,1-5H3,(H2,18,19,20);1H. The fraction of sp³-hybridized carbons (Fsp3) is 0.765. The molecular formula is C17H34IN5S. The van der Waals surface area contributed by atoms with E-state index in [1.165, 1.54) is 43.5 Å². The van der Waals surface area contributed by atoms with Gasteiger partial charge >= 0.3 is 0 Å². The molecule has 0 atom stereocenters. The maximum atomic E-state index is 4.54. The van der Waals surface area contributed by atoms with Crippen LogP contribution in [0.25, 0.3) is 0 Å². The van der Waals surface area contributed by atoms with Crippen molar-refractivity contribution in [2.45, 2.75) is 52.5 Å². The summed E-state index contributed by atoms with van der Waals surface area (Å²) in [5.41, 5.74) is 1.13. The molecule has 0 spiro atoms. The van der Waals surface area contributed by atoms with Crippen molar-refractivity contribution in [2.24, 2.45) is 4.99 Å². The quantitative estimate of drug-likeness (QED) is 0.239. The lowest BCUT2D eigenvalue weighted by Gasteiger charge is -2.11. The average Bonchev–Trinajstić information content (AvgIpc) is 2.83. The SMILES string of the molecule is CN=C(NCCCCCCCN(C)C)NCc1nc(C)c(C)s1.I. The predicted octanol–water partition coefficient (Wildman–Crippen LogP) is 3.56. The Morgan fingerprint density at radius 2 is 1.75 bits per heavy atom. The molecule has 1 heterocycles. The summed E-state index contributed by atoms with van der Waals surface area (Å²) in [4.78, 5) is 12.3. The van der Waals surface area contributed by atoms with Gasteiger partial charge in [-0.2, -0.15) is 0 Å². The molecule has 0 saturated carbocycles. The normalized spacial score (nSPS) is 11.5. The second-order valence-corrected chi connectivity index (χ2v) is 7.46. The van der Waals surface area contributed by atoms with Crippen LogP contribution in [0.1, 0.15) is 47.7 Å². The van der Waals surface area contributed by atoms with E-state index in [0.717, 1.165) is 29.8 Å². The number of hydrogen-bond acceptors (Lipinski definition) is 4. The molecular weight excluding hydrogens is 433 g/mol. The number of hydrogen-bond donors (Lipinski definition) is 2. The van der Waals surface area contributed by atoms with Gasteiger partial charge in [0.15, 0.2) is 5.96 Å². The van der Waals surface area contributed by atoms with Crippen molar-refractivity contribution in [1.82, 2.24) is 20.5 Å². The smallest absolute Gasteiger partial charge is 0.191 e. The monoisotopic (exact) mass is 467 g/mol. The molecule has 140 valence electrons. The summed E-state index contributed by atoms with van der Waals surface area (Å²) in [5, 5.41) is 7.82. The Labute approximate surface area is 168 Å². The summed E-state index contributed by atoms with van der Waals surface area (Å²) in [6.45, 7) is 7.08. The van der Waals surface area contributed by atoms with Crippen LogP contribution in [-0.4, -0.2) is 50.1 Å². The van der Waals surface area contributed by atoms with Gasteiger partial charge in [-0.1, -0.05) is 19.3 Å². The highest BCUT2D eigenvalue weighted by molar-refractivity contribution is 14.0. The van der Waals surface area contributed by atoms with E-state index in [1.807, 2.05) is 7.05 Å². The summed E-state index contributed by atoms with van der Waals surface area (Å²) in [7, 11) is 6.09. The van der Waals surface area contributed by atoms with Gasteiger partial charge < -0.3 is 15.5 Å². The van der Waals surface area contributed by atoms with Crippen molar-refractivity contribution in [1.29, 1.82) is 0 Å². The third-order valence-electron chi connectivity index (χ3n) is 3.78.